The quantitative estimate of drug-likeness (QED) is 0.914. The Balaban J connectivity index is 2.09. The van der Waals surface area contributed by atoms with Crippen molar-refractivity contribution in [3.05, 3.63) is 52.7 Å². The van der Waals surface area contributed by atoms with Crippen molar-refractivity contribution in [3.8, 4) is 11.8 Å². The minimum atomic E-state index is 0.612. The lowest BCUT2D eigenvalue weighted by Crippen LogP contribution is -2.10. The molecule has 0 aliphatic carbocycles. The molecular formula is C17H19N3O. The first kappa shape index (κ1) is 14.9. The average Bonchev–Trinajstić information content (AvgIpc) is 2.47. The Kier molecular flexibility index (Phi) is 4.78. The largest absolute Gasteiger partial charge is 0.496 e. The van der Waals surface area contributed by atoms with E-state index in [9.17, 15) is 5.26 Å². The van der Waals surface area contributed by atoms with E-state index >= 15 is 0 Å². The number of anilines is 1. The summed E-state index contributed by atoms with van der Waals surface area (Å²) in [5.74, 6) is 1.54. The van der Waals surface area contributed by atoms with E-state index in [1.54, 1.807) is 7.11 Å². The number of nitrogens with zero attached hydrogens (tertiary/aromatic N) is 2. The van der Waals surface area contributed by atoms with Gasteiger partial charge in [-0.25, -0.2) is 4.98 Å². The van der Waals surface area contributed by atoms with Gasteiger partial charge in [0, 0.05) is 12.2 Å². The van der Waals surface area contributed by atoms with E-state index < -0.39 is 0 Å². The van der Waals surface area contributed by atoms with Gasteiger partial charge in [-0.15, -0.1) is 0 Å². The van der Waals surface area contributed by atoms with Crippen molar-refractivity contribution in [2.45, 2.75) is 20.3 Å². The molecule has 0 saturated heterocycles. The maximum Gasteiger partial charge on any atom is 0.144 e. The van der Waals surface area contributed by atoms with Crippen molar-refractivity contribution in [2.75, 3.05) is 19.0 Å². The Morgan fingerprint density at radius 2 is 2.05 bits per heavy atom. The second kappa shape index (κ2) is 6.76. The molecule has 4 nitrogen and oxygen atoms in total. The van der Waals surface area contributed by atoms with Crippen LogP contribution in [0.15, 0.2) is 30.3 Å². The number of aromatic nitrogens is 1. The fourth-order valence-corrected chi connectivity index (χ4v) is 2.33. The number of pyridine rings is 1. The number of rotatable bonds is 5. The van der Waals surface area contributed by atoms with Crippen molar-refractivity contribution in [3.63, 3.8) is 0 Å². The third-order valence-electron chi connectivity index (χ3n) is 3.34. The molecule has 0 unspecified atom stereocenters. The standard InChI is InChI=1S/C17H19N3O/c1-12-10-13(2)20-17(15(12)11-18)19-9-8-14-6-4-5-7-16(14)21-3/h4-7,10H,8-9H2,1-3H3,(H,19,20). The Bertz CT molecular complexity index is 674. The molecule has 0 radical (unpaired) electrons. The molecular weight excluding hydrogens is 262 g/mol. The molecule has 0 aliphatic heterocycles. The first-order valence-electron chi connectivity index (χ1n) is 6.90. The maximum absolute atomic E-state index is 9.24. The number of benzene rings is 1. The van der Waals surface area contributed by atoms with Gasteiger partial charge in [-0.05, 0) is 43.5 Å². The zero-order valence-corrected chi connectivity index (χ0v) is 12.6. The van der Waals surface area contributed by atoms with Gasteiger partial charge in [0.05, 0.1) is 12.7 Å². The molecule has 4 heteroatoms. The molecule has 1 N–H and O–H groups in total. The van der Waals surface area contributed by atoms with E-state index in [1.807, 2.05) is 44.2 Å². The number of hydrogen-bond acceptors (Lipinski definition) is 4. The Morgan fingerprint density at radius 1 is 1.29 bits per heavy atom. The average molecular weight is 281 g/mol. The normalized spacial score (nSPS) is 10.0. The van der Waals surface area contributed by atoms with Crippen molar-refractivity contribution in [2.24, 2.45) is 0 Å². The van der Waals surface area contributed by atoms with Gasteiger partial charge in [0.1, 0.15) is 17.6 Å². The van der Waals surface area contributed by atoms with Crippen molar-refractivity contribution in [1.82, 2.24) is 4.98 Å². The van der Waals surface area contributed by atoms with E-state index in [0.29, 0.717) is 17.9 Å². The topological polar surface area (TPSA) is 57.9 Å². The van der Waals surface area contributed by atoms with Crippen LogP contribution in [0.2, 0.25) is 0 Å². The summed E-state index contributed by atoms with van der Waals surface area (Å²) in [6, 6.07) is 12.1. The molecule has 0 bridgehead atoms. The van der Waals surface area contributed by atoms with Gasteiger partial charge in [0.25, 0.3) is 0 Å². The monoisotopic (exact) mass is 281 g/mol. The first-order valence-corrected chi connectivity index (χ1v) is 6.90. The van der Waals surface area contributed by atoms with Crippen LogP contribution in [0.4, 0.5) is 5.82 Å². The number of aryl methyl sites for hydroxylation is 2. The summed E-state index contributed by atoms with van der Waals surface area (Å²) in [6.45, 7) is 4.56. The van der Waals surface area contributed by atoms with E-state index in [0.717, 1.165) is 29.0 Å². The molecule has 2 aromatic rings. The molecule has 0 atom stereocenters. The summed E-state index contributed by atoms with van der Waals surface area (Å²) in [5.41, 5.74) is 3.60. The van der Waals surface area contributed by atoms with E-state index in [2.05, 4.69) is 16.4 Å². The lowest BCUT2D eigenvalue weighted by molar-refractivity contribution is 0.410. The van der Waals surface area contributed by atoms with Gasteiger partial charge in [-0.2, -0.15) is 5.26 Å². The maximum atomic E-state index is 9.24. The van der Waals surface area contributed by atoms with Crippen molar-refractivity contribution >= 4 is 5.82 Å². The second-order valence-electron chi connectivity index (χ2n) is 4.90. The first-order chi connectivity index (χ1) is 10.2. The number of para-hydroxylation sites is 1. The molecule has 21 heavy (non-hydrogen) atoms. The number of nitrogens with one attached hydrogen (secondary N) is 1. The molecule has 1 aromatic heterocycles. The van der Waals surface area contributed by atoms with Gasteiger partial charge < -0.3 is 10.1 Å². The van der Waals surface area contributed by atoms with Crippen LogP contribution in [0.1, 0.15) is 22.4 Å². The van der Waals surface area contributed by atoms with Crippen molar-refractivity contribution in [1.29, 1.82) is 5.26 Å². The zero-order valence-electron chi connectivity index (χ0n) is 12.6. The summed E-state index contributed by atoms with van der Waals surface area (Å²) in [4.78, 5) is 4.41. The van der Waals surface area contributed by atoms with Gasteiger partial charge >= 0.3 is 0 Å². The van der Waals surface area contributed by atoms with E-state index in [4.69, 9.17) is 4.74 Å². The SMILES string of the molecule is COc1ccccc1CCNc1nc(C)cc(C)c1C#N. The van der Waals surface area contributed by atoms with Crippen LogP contribution < -0.4 is 10.1 Å². The lowest BCUT2D eigenvalue weighted by Gasteiger charge is -2.12. The van der Waals surface area contributed by atoms with Gasteiger partial charge in [-0.3, -0.25) is 0 Å². The lowest BCUT2D eigenvalue weighted by atomic mass is 10.1. The third-order valence-corrected chi connectivity index (χ3v) is 3.34. The summed E-state index contributed by atoms with van der Waals surface area (Å²) in [7, 11) is 1.67. The van der Waals surface area contributed by atoms with Crippen LogP contribution in [0.5, 0.6) is 5.75 Å². The highest BCUT2D eigenvalue weighted by Gasteiger charge is 2.08. The van der Waals surface area contributed by atoms with Crippen LogP contribution in [0, 0.1) is 25.2 Å². The number of ether oxygens (including phenoxy) is 1. The molecule has 108 valence electrons. The summed E-state index contributed by atoms with van der Waals surface area (Å²) >= 11 is 0. The van der Waals surface area contributed by atoms with Crippen LogP contribution >= 0.6 is 0 Å². The number of methoxy groups -OCH3 is 1. The van der Waals surface area contributed by atoms with Gasteiger partial charge in [0.15, 0.2) is 0 Å². The van der Waals surface area contributed by atoms with Crippen LogP contribution in [-0.4, -0.2) is 18.6 Å². The summed E-state index contributed by atoms with van der Waals surface area (Å²) in [5, 5.41) is 12.5. The highest BCUT2D eigenvalue weighted by molar-refractivity contribution is 5.56. The number of nitriles is 1. The van der Waals surface area contributed by atoms with Crippen molar-refractivity contribution < 1.29 is 4.74 Å². The molecule has 2 rings (SSSR count). The fraction of sp³-hybridized carbons (Fsp3) is 0.294. The predicted octanol–water partition coefficient (Wildman–Crippen LogP) is 3.23. The molecule has 0 saturated carbocycles. The van der Waals surface area contributed by atoms with Gasteiger partial charge in [0.2, 0.25) is 0 Å². The minimum Gasteiger partial charge on any atom is -0.496 e. The molecule has 0 spiro atoms. The van der Waals surface area contributed by atoms with E-state index in [1.165, 1.54) is 0 Å². The van der Waals surface area contributed by atoms with Crippen LogP contribution in [-0.2, 0) is 6.42 Å². The zero-order chi connectivity index (χ0) is 15.2. The minimum absolute atomic E-state index is 0.612. The van der Waals surface area contributed by atoms with Crippen LogP contribution in [0.25, 0.3) is 0 Å². The molecule has 1 aromatic carbocycles. The second-order valence-corrected chi connectivity index (χ2v) is 4.90. The third kappa shape index (κ3) is 3.51. The fourth-order valence-electron chi connectivity index (χ4n) is 2.33. The Labute approximate surface area is 125 Å². The molecule has 0 fully saturated rings. The van der Waals surface area contributed by atoms with Crippen LogP contribution in [0.3, 0.4) is 0 Å². The molecule has 0 aliphatic rings. The summed E-state index contributed by atoms with van der Waals surface area (Å²) < 4.78 is 5.34. The van der Waals surface area contributed by atoms with E-state index in [-0.39, 0.29) is 0 Å². The number of hydrogen-bond donors (Lipinski definition) is 1. The highest BCUT2D eigenvalue weighted by Crippen LogP contribution is 2.20. The molecule has 0 amide bonds. The van der Waals surface area contributed by atoms with Gasteiger partial charge in [-0.1, -0.05) is 18.2 Å². The molecule has 1 heterocycles. The Hall–Kier alpha value is -2.54. The Morgan fingerprint density at radius 3 is 2.76 bits per heavy atom. The summed E-state index contributed by atoms with van der Waals surface area (Å²) in [6.07, 6.45) is 0.809. The predicted molar refractivity (Wildman–Crippen MR) is 83.6 cm³/mol. The smallest absolute Gasteiger partial charge is 0.144 e. The highest BCUT2D eigenvalue weighted by atomic mass is 16.5.